The third-order valence-electron chi connectivity index (χ3n) is 5.30. The molecule has 0 aliphatic carbocycles. The first-order chi connectivity index (χ1) is 15.4. The molecule has 7 heteroatoms. The van der Waals surface area contributed by atoms with Gasteiger partial charge in [-0.15, -0.1) is 0 Å². The molecule has 0 fully saturated rings. The van der Waals surface area contributed by atoms with Gasteiger partial charge < -0.3 is 5.32 Å². The zero-order valence-corrected chi connectivity index (χ0v) is 17.5. The molecule has 6 nitrogen and oxygen atoms in total. The van der Waals surface area contributed by atoms with Crippen LogP contribution in [0.3, 0.4) is 0 Å². The second-order valence-corrected chi connectivity index (χ2v) is 7.67. The van der Waals surface area contributed by atoms with E-state index in [-0.39, 0.29) is 19.0 Å². The number of benzene rings is 3. The van der Waals surface area contributed by atoms with Crippen molar-refractivity contribution >= 4 is 16.8 Å². The Morgan fingerprint density at radius 1 is 0.875 bits per heavy atom. The number of halogens is 1. The van der Waals surface area contributed by atoms with Crippen LogP contribution in [0.15, 0.2) is 82.4 Å². The van der Waals surface area contributed by atoms with Crippen LogP contribution in [0.4, 0.5) is 4.39 Å². The largest absolute Gasteiger partial charge is 0.350 e. The van der Waals surface area contributed by atoms with E-state index < -0.39 is 17.1 Å². The normalized spacial score (nSPS) is 10.9. The van der Waals surface area contributed by atoms with Crippen LogP contribution in [-0.4, -0.2) is 15.0 Å². The van der Waals surface area contributed by atoms with E-state index >= 15 is 0 Å². The molecule has 4 rings (SSSR count). The number of nitrogens with one attached hydrogen (secondary N) is 1. The van der Waals surface area contributed by atoms with Gasteiger partial charge in [0.15, 0.2) is 0 Å². The van der Waals surface area contributed by atoms with E-state index in [0.29, 0.717) is 23.0 Å². The van der Waals surface area contributed by atoms with Gasteiger partial charge in [0.1, 0.15) is 12.4 Å². The monoisotopic (exact) mass is 431 g/mol. The number of fused-ring (bicyclic) bond motifs is 1. The number of amides is 1. The number of aryl methyl sites for hydroxylation is 1. The van der Waals surface area contributed by atoms with Gasteiger partial charge in [0.25, 0.3) is 5.56 Å². The van der Waals surface area contributed by atoms with Crippen LogP contribution in [0.2, 0.25) is 0 Å². The van der Waals surface area contributed by atoms with Crippen molar-refractivity contribution in [2.24, 2.45) is 0 Å². The van der Waals surface area contributed by atoms with Crippen LogP contribution < -0.4 is 16.6 Å². The van der Waals surface area contributed by atoms with Crippen molar-refractivity contribution in [2.75, 3.05) is 0 Å². The number of carbonyl (C=O) groups is 1. The van der Waals surface area contributed by atoms with Crippen LogP contribution in [0.1, 0.15) is 16.7 Å². The molecular formula is C25H22FN3O3. The van der Waals surface area contributed by atoms with Gasteiger partial charge in [-0.1, -0.05) is 54.1 Å². The fourth-order valence-electron chi connectivity index (χ4n) is 3.54. The standard InChI is InChI=1S/C25H22FN3O3/c1-17-6-8-18(9-7-17)14-27-23(30)16-28-22-5-3-2-4-21(22)24(31)29(25(28)32)15-19-10-12-20(26)13-11-19/h2-13H,14-16H2,1H3,(H,27,30). The first-order valence-corrected chi connectivity index (χ1v) is 10.2. The maximum Gasteiger partial charge on any atom is 0.332 e. The molecule has 0 spiro atoms. The van der Waals surface area contributed by atoms with Crippen molar-refractivity contribution in [1.82, 2.24) is 14.5 Å². The molecule has 0 saturated heterocycles. The Labute approximate surface area is 183 Å². The Morgan fingerprint density at radius 3 is 2.25 bits per heavy atom. The maximum atomic E-state index is 13.2. The van der Waals surface area contributed by atoms with Crippen LogP contribution in [-0.2, 0) is 24.4 Å². The first-order valence-electron chi connectivity index (χ1n) is 10.2. The van der Waals surface area contributed by atoms with Crippen molar-refractivity contribution in [3.05, 3.63) is 116 Å². The summed E-state index contributed by atoms with van der Waals surface area (Å²) in [5, 5.41) is 3.15. The van der Waals surface area contributed by atoms with Crippen molar-refractivity contribution < 1.29 is 9.18 Å². The van der Waals surface area contributed by atoms with Gasteiger partial charge in [0.05, 0.1) is 17.4 Å². The summed E-state index contributed by atoms with van der Waals surface area (Å²) >= 11 is 0. The molecule has 1 N–H and O–H groups in total. The third-order valence-corrected chi connectivity index (χ3v) is 5.30. The molecule has 0 bridgehead atoms. The number of hydrogen-bond acceptors (Lipinski definition) is 3. The van der Waals surface area contributed by atoms with Gasteiger partial charge in [0.2, 0.25) is 5.91 Å². The molecule has 4 aromatic rings. The van der Waals surface area contributed by atoms with Crippen LogP contribution in [0.5, 0.6) is 0 Å². The number of para-hydroxylation sites is 1. The first kappa shape index (κ1) is 21.2. The minimum atomic E-state index is -0.594. The van der Waals surface area contributed by atoms with E-state index in [2.05, 4.69) is 5.32 Å². The Kier molecular flexibility index (Phi) is 5.98. The molecule has 1 heterocycles. The average Bonchev–Trinajstić information content (AvgIpc) is 2.80. The zero-order chi connectivity index (χ0) is 22.7. The molecule has 0 aliphatic heterocycles. The smallest absolute Gasteiger partial charge is 0.332 e. The lowest BCUT2D eigenvalue weighted by molar-refractivity contribution is -0.121. The zero-order valence-electron chi connectivity index (χ0n) is 17.5. The minimum Gasteiger partial charge on any atom is -0.350 e. The van der Waals surface area contributed by atoms with E-state index in [4.69, 9.17) is 0 Å². The molecule has 32 heavy (non-hydrogen) atoms. The second-order valence-electron chi connectivity index (χ2n) is 7.67. The average molecular weight is 431 g/mol. The number of rotatable bonds is 6. The van der Waals surface area contributed by atoms with Crippen molar-refractivity contribution in [3.63, 3.8) is 0 Å². The quantitative estimate of drug-likeness (QED) is 0.510. The molecule has 0 atom stereocenters. The molecule has 1 amide bonds. The fraction of sp³-hybridized carbons (Fsp3) is 0.160. The molecule has 162 valence electrons. The minimum absolute atomic E-state index is 0.0201. The Bertz CT molecular complexity index is 1390. The Hall–Kier alpha value is -4.00. The van der Waals surface area contributed by atoms with Crippen LogP contribution in [0, 0.1) is 12.7 Å². The number of aromatic nitrogens is 2. The molecular weight excluding hydrogens is 409 g/mol. The van der Waals surface area contributed by atoms with E-state index in [1.54, 1.807) is 24.3 Å². The predicted molar refractivity (Wildman–Crippen MR) is 121 cm³/mol. The summed E-state index contributed by atoms with van der Waals surface area (Å²) in [6.07, 6.45) is 0. The van der Waals surface area contributed by atoms with Gasteiger partial charge >= 0.3 is 5.69 Å². The second kappa shape index (κ2) is 9.01. The van der Waals surface area contributed by atoms with Crippen molar-refractivity contribution in [1.29, 1.82) is 0 Å². The molecule has 1 aromatic heterocycles. The van der Waals surface area contributed by atoms with Crippen LogP contribution in [0.25, 0.3) is 10.9 Å². The summed E-state index contributed by atoms with van der Waals surface area (Å²) in [5.74, 6) is -0.743. The van der Waals surface area contributed by atoms with Gasteiger partial charge in [0, 0.05) is 6.54 Å². The summed E-state index contributed by atoms with van der Waals surface area (Å²) in [7, 11) is 0. The van der Waals surface area contributed by atoms with Gasteiger partial charge in [-0.2, -0.15) is 0 Å². The molecule has 0 aliphatic rings. The molecule has 3 aromatic carbocycles. The topological polar surface area (TPSA) is 73.1 Å². The SMILES string of the molecule is Cc1ccc(CNC(=O)Cn2c(=O)n(Cc3ccc(F)cc3)c(=O)c3ccccc32)cc1. The molecule has 0 saturated carbocycles. The van der Waals surface area contributed by atoms with Crippen LogP contribution >= 0.6 is 0 Å². The van der Waals surface area contributed by atoms with E-state index in [1.807, 2.05) is 31.2 Å². The molecule has 0 unspecified atom stereocenters. The van der Waals surface area contributed by atoms with E-state index in [0.717, 1.165) is 15.7 Å². The van der Waals surface area contributed by atoms with Crippen molar-refractivity contribution in [3.8, 4) is 0 Å². The van der Waals surface area contributed by atoms with Gasteiger partial charge in [-0.05, 0) is 42.3 Å². The Balaban J connectivity index is 1.66. The fourth-order valence-corrected chi connectivity index (χ4v) is 3.54. The highest BCUT2D eigenvalue weighted by Crippen LogP contribution is 2.09. The summed E-state index contributed by atoms with van der Waals surface area (Å²) in [6.45, 7) is 2.07. The number of nitrogens with zero attached hydrogens (tertiary/aromatic N) is 2. The molecule has 0 radical (unpaired) electrons. The summed E-state index contributed by atoms with van der Waals surface area (Å²) < 4.78 is 15.6. The van der Waals surface area contributed by atoms with Gasteiger partial charge in [-0.25, -0.2) is 9.18 Å². The highest BCUT2D eigenvalue weighted by atomic mass is 19.1. The lowest BCUT2D eigenvalue weighted by Crippen LogP contribution is -2.42. The Morgan fingerprint density at radius 2 is 1.53 bits per heavy atom. The maximum absolute atomic E-state index is 13.2. The predicted octanol–water partition coefficient (Wildman–Crippen LogP) is 2.98. The number of carbonyl (C=O) groups excluding carboxylic acids is 1. The number of hydrogen-bond donors (Lipinski definition) is 1. The van der Waals surface area contributed by atoms with Crippen molar-refractivity contribution in [2.45, 2.75) is 26.6 Å². The highest BCUT2D eigenvalue weighted by Gasteiger charge is 2.15. The highest BCUT2D eigenvalue weighted by molar-refractivity contribution is 5.81. The third kappa shape index (κ3) is 4.51. The lowest BCUT2D eigenvalue weighted by atomic mass is 10.1. The summed E-state index contributed by atoms with van der Waals surface area (Å²) in [4.78, 5) is 38.8. The summed E-state index contributed by atoms with van der Waals surface area (Å²) in [6, 6.07) is 20.1. The summed E-state index contributed by atoms with van der Waals surface area (Å²) in [5.41, 5.74) is 2.03. The van der Waals surface area contributed by atoms with E-state index in [1.165, 1.54) is 28.8 Å². The van der Waals surface area contributed by atoms with Gasteiger partial charge in [-0.3, -0.25) is 18.7 Å². The lowest BCUT2D eigenvalue weighted by Gasteiger charge is -2.14. The van der Waals surface area contributed by atoms with E-state index in [9.17, 15) is 18.8 Å².